The van der Waals surface area contributed by atoms with E-state index in [4.69, 9.17) is 9.47 Å². The SMILES string of the molecule is CC.COc1c(C2C(C)[C@](C)(C(F)(F)F)O[C@H]2N=O)ccc(F)c1F. The van der Waals surface area contributed by atoms with Crippen LogP contribution >= 0.6 is 0 Å². The van der Waals surface area contributed by atoms with Crippen LogP contribution in [0.1, 0.15) is 39.2 Å². The summed E-state index contributed by atoms with van der Waals surface area (Å²) in [6, 6.07) is 1.83. The fraction of sp³-hybridized carbons (Fsp3) is 0.625. The first kappa shape index (κ1) is 21.3. The van der Waals surface area contributed by atoms with Crippen molar-refractivity contribution in [1.29, 1.82) is 0 Å². The lowest BCUT2D eigenvalue weighted by molar-refractivity contribution is -0.273. The van der Waals surface area contributed by atoms with Crippen LogP contribution < -0.4 is 4.74 Å². The van der Waals surface area contributed by atoms with Gasteiger partial charge in [-0.05, 0) is 18.2 Å². The smallest absolute Gasteiger partial charge is 0.417 e. The zero-order valence-corrected chi connectivity index (χ0v) is 14.4. The Hall–Kier alpha value is -1.77. The predicted octanol–water partition coefficient (Wildman–Crippen LogP) is 5.16. The lowest BCUT2D eigenvalue weighted by Crippen LogP contribution is -2.46. The largest absolute Gasteiger partial charge is 0.493 e. The van der Waals surface area contributed by atoms with E-state index in [1.807, 2.05) is 13.8 Å². The number of hydrogen-bond acceptors (Lipinski definition) is 4. The number of alkyl halides is 3. The van der Waals surface area contributed by atoms with Crippen LogP contribution in [0.25, 0.3) is 0 Å². The monoisotopic (exact) mass is 369 g/mol. The third-order valence-electron chi connectivity index (χ3n) is 4.39. The van der Waals surface area contributed by atoms with E-state index in [0.717, 1.165) is 26.2 Å². The van der Waals surface area contributed by atoms with Crippen LogP contribution in [0, 0.1) is 22.5 Å². The maximum absolute atomic E-state index is 13.8. The molecule has 25 heavy (non-hydrogen) atoms. The second-order valence-corrected chi connectivity index (χ2v) is 5.52. The minimum Gasteiger partial charge on any atom is -0.493 e. The summed E-state index contributed by atoms with van der Waals surface area (Å²) in [6.07, 6.45) is -6.47. The number of rotatable bonds is 3. The molecule has 0 saturated carbocycles. The molecule has 0 spiro atoms. The molecule has 0 N–H and O–H groups in total. The molecule has 2 unspecified atom stereocenters. The van der Waals surface area contributed by atoms with Crippen molar-refractivity contribution in [3.05, 3.63) is 34.2 Å². The van der Waals surface area contributed by atoms with E-state index in [1.54, 1.807) is 0 Å². The van der Waals surface area contributed by atoms with Gasteiger partial charge in [0.1, 0.15) is 0 Å². The van der Waals surface area contributed by atoms with E-state index in [1.165, 1.54) is 6.92 Å². The van der Waals surface area contributed by atoms with E-state index in [-0.39, 0.29) is 5.56 Å². The Morgan fingerprint density at radius 1 is 1.24 bits per heavy atom. The average Bonchev–Trinajstić information content (AvgIpc) is 2.84. The molecule has 4 nitrogen and oxygen atoms in total. The third-order valence-corrected chi connectivity index (χ3v) is 4.39. The summed E-state index contributed by atoms with van der Waals surface area (Å²) in [5, 5.41) is 2.59. The molecule has 2 rings (SSSR count). The molecule has 1 aliphatic rings. The number of hydrogen-bond donors (Lipinski definition) is 0. The first-order valence-electron chi connectivity index (χ1n) is 7.67. The van der Waals surface area contributed by atoms with Crippen molar-refractivity contribution < 1.29 is 31.4 Å². The highest BCUT2D eigenvalue weighted by Gasteiger charge is 2.65. The van der Waals surface area contributed by atoms with Gasteiger partial charge in [-0.25, -0.2) is 4.39 Å². The Labute approximate surface area is 142 Å². The van der Waals surface area contributed by atoms with Gasteiger partial charge in [-0.15, -0.1) is 4.91 Å². The molecule has 0 bridgehead atoms. The van der Waals surface area contributed by atoms with E-state index in [2.05, 4.69) is 5.18 Å². The van der Waals surface area contributed by atoms with Gasteiger partial charge in [0.15, 0.2) is 23.4 Å². The minimum atomic E-state index is -4.77. The summed E-state index contributed by atoms with van der Waals surface area (Å²) in [5.41, 5.74) is -2.75. The summed E-state index contributed by atoms with van der Waals surface area (Å²) in [4.78, 5) is 11.0. The molecule has 4 atom stereocenters. The van der Waals surface area contributed by atoms with Gasteiger partial charge in [-0.2, -0.15) is 17.6 Å². The van der Waals surface area contributed by atoms with Crippen molar-refractivity contribution in [1.82, 2.24) is 0 Å². The van der Waals surface area contributed by atoms with Gasteiger partial charge in [-0.3, -0.25) is 0 Å². The number of methoxy groups -OCH3 is 1. The van der Waals surface area contributed by atoms with Crippen molar-refractivity contribution in [3.63, 3.8) is 0 Å². The maximum atomic E-state index is 13.8. The third kappa shape index (κ3) is 3.47. The number of nitrogens with zero attached hydrogens (tertiary/aromatic N) is 1. The Morgan fingerprint density at radius 3 is 2.24 bits per heavy atom. The second kappa shape index (κ2) is 7.63. The van der Waals surface area contributed by atoms with Gasteiger partial charge in [-0.1, -0.05) is 26.8 Å². The molecule has 9 heteroatoms. The Kier molecular flexibility index (Phi) is 6.50. The Balaban J connectivity index is 0.00000151. The van der Waals surface area contributed by atoms with Crippen molar-refractivity contribution in [2.24, 2.45) is 11.1 Å². The molecule has 0 amide bonds. The van der Waals surface area contributed by atoms with Crippen molar-refractivity contribution in [2.45, 2.75) is 51.6 Å². The molecule has 1 aromatic carbocycles. The summed E-state index contributed by atoms with van der Waals surface area (Å²) < 4.78 is 76.6. The summed E-state index contributed by atoms with van der Waals surface area (Å²) in [6.45, 7) is 6.01. The summed E-state index contributed by atoms with van der Waals surface area (Å²) in [7, 11) is 1.05. The van der Waals surface area contributed by atoms with Gasteiger partial charge in [0.05, 0.1) is 7.11 Å². The molecular formula is C16H20F5NO3. The van der Waals surface area contributed by atoms with Crippen LogP contribution in [0.15, 0.2) is 17.3 Å². The molecule has 1 aliphatic heterocycles. The highest BCUT2D eigenvalue weighted by atomic mass is 19.4. The van der Waals surface area contributed by atoms with Crippen molar-refractivity contribution in [2.75, 3.05) is 7.11 Å². The summed E-state index contributed by atoms with van der Waals surface area (Å²) >= 11 is 0. The Morgan fingerprint density at radius 2 is 1.80 bits per heavy atom. The van der Waals surface area contributed by atoms with Gasteiger partial charge >= 0.3 is 6.18 Å². The first-order chi connectivity index (χ1) is 11.6. The van der Waals surface area contributed by atoms with Gasteiger partial charge in [0.25, 0.3) is 0 Å². The lowest BCUT2D eigenvalue weighted by Gasteiger charge is -2.31. The van der Waals surface area contributed by atoms with Crippen LogP contribution in [0.4, 0.5) is 22.0 Å². The van der Waals surface area contributed by atoms with E-state index in [0.29, 0.717) is 0 Å². The number of nitroso groups, excluding NO2 is 1. The maximum Gasteiger partial charge on any atom is 0.417 e. The van der Waals surface area contributed by atoms with E-state index in [9.17, 15) is 26.9 Å². The normalized spacial score (nSPS) is 29.0. The fourth-order valence-corrected chi connectivity index (χ4v) is 2.87. The molecule has 1 heterocycles. The summed E-state index contributed by atoms with van der Waals surface area (Å²) in [5.74, 6) is -5.63. The van der Waals surface area contributed by atoms with Crippen LogP contribution in [-0.2, 0) is 4.74 Å². The van der Waals surface area contributed by atoms with E-state index >= 15 is 0 Å². The zero-order valence-electron chi connectivity index (χ0n) is 14.4. The molecule has 142 valence electrons. The quantitative estimate of drug-likeness (QED) is 0.546. The predicted molar refractivity (Wildman–Crippen MR) is 81.3 cm³/mol. The van der Waals surface area contributed by atoms with Gasteiger partial charge in [0.2, 0.25) is 5.82 Å². The number of benzene rings is 1. The highest BCUT2D eigenvalue weighted by molar-refractivity contribution is 5.40. The molecular weight excluding hydrogens is 349 g/mol. The minimum absolute atomic E-state index is 0.100. The molecule has 1 aromatic rings. The van der Waals surface area contributed by atoms with Crippen LogP contribution in [0.3, 0.4) is 0 Å². The average molecular weight is 369 g/mol. The molecule has 0 aromatic heterocycles. The van der Waals surface area contributed by atoms with Gasteiger partial charge in [0, 0.05) is 17.4 Å². The lowest BCUT2D eigenvalue weighted by atomic mass is 9.78. The fourth-order valence-electron chi connectivity index (χ4n) is 2.87. The highest BCUT2D eigenvalue weighted by Crippen LogP contribution is 2.54. The Bertz CT molecular complexity index is 623. The van der Waals surface area contributed by atoms with Crippen LogP contribution in [0.2, 0.25) is 0 Å². The van der Waals surface area contributed by atoms with Gasteiger partial charge < -0.3 is 9.47 Å². The number of ether oxygens (including phenoxy) is 2. The van der Waals surface area contributed by atoms with Crippen LogP contribution in [-0.4, -0.2) is 25.1 Å². The molecule has 0 aliphatic carbocycles. The van der Waals surface area contributed by atoms with Crippen molar-refractivity contribution in [3.8, 4) is 5.75 Å². The second-order valence-electron chi connectivity index (χ2n) is 5.52. The number of halogens is 5. The van der Waals surface area contributed by atoms with Crippen molar-refractivity contribution >= 4 is 0 Å². The zero-order chi connectivity index (χ0) is 19.6. The molecule has 1 saturated heterocycles. The van der Waals surface area contributed by atoms with Crippen LogP contribution in [0.5, 0.6) is 5.75 Å². The molecule has 1 fully saturated rings. The molecule has 0 radical (unpaired) electrons. The first-order valence-corrected chi connectivity index (χ1v) is 7.67. The topological polar surface area (TPSA) is 47.9 Å². The standard InChI is InChI=1S/C14H14F5NO3.C2H6/c1-6-9(7-4-5-8(15)10(16)11(7)22-3)12(20-21)23-13(6,2)14(17,18)19;1-2/h4-6,9,12H,1-3H3;1-2H3/t6?,9?,12-,13-;/m1./s1. The van der Waals surface area contributed by atoms with E-state index < -0.39 is 47.2 Å².